The van der Waals surface area contributed by atoms with Crippen LogP contribution in [0, 0.1) is 6.92 Å². The van der Waals surface area contributed by atoms with E-state index in [1.54, 1.807) is 11.3 Å². The first kappa shape index (κ1) is 15.4. The SMILES string of the molecule is Cc1ncsc1CCOC(=O)/C=C/c1cccc2ccccc12. The zero-order chi connectivity index (χ0) is 16.1. The molecular formula is C19H17NO2S. The van der Waals surface area contributed by atoms with Crippen LogP contribution in [0.15, 0.2) is 54.1 Å². The summed E-state index contributed by atoms with van der Waals surface area (Å²) in [6, 6.07) is 14.1. The maximum Gasteiger partial charge on any atom is 0.330 e. The normalized spacial score (nSPS) is 11.2. The highest BCUT2D eigenvalue weighted by atomic mass is 32.1. The van der Waals surface area contributed by atoms with E-state index in [1.165, 1.54) is 6.08 Å². The molecule has 0 aliphatic rings. The molecule has 0 aliphatic carbocycles. The van der Waals surface area contributed by atoms with Gasteiger partial charge in [-0.1, -0.05) is 42.5 Å². The van der Waals surface area contributed by atoms with Gasteiger partial charge in [0.25, 0.3) is 0 Å². The van der Waals surface area contributed by atoms with Gasteiger partial charge in [-0.15, -0.1) is 11.3 Å². The number of hydrogen-bond donors (Lipinski definition) is 0. The molecule has 0 saturated heterocycles. The van der Waals surface area contributed by atoms with E-state index < -0.39 is 0 Å². The third-order valence-electron chi connectivity index (χ3n) is 3.64. The number of esters is 1. The third kappa shape index (κ3) is 3.85. The summed E-state index contributed by atoms with van der Waals surface area (Å²) in [6.07, 6.45) is 4.01. The highest BCUT2D eigenvalue weighted by Crippen LogP contribution is 2.19. The summed E-state index contributed by atoms with van der Waals surface area (Å²) in [4.78, 5) is 17.2. The highest BCUT2D eigenvalue weighted by Gasteiger charge is 2.03. The first-order chi connectivity index (χ1) is 11.2. The van der Waals surface area contributed by atoms with Crippen LogP contribution < -0.4 is 0 Å². The second-order valence-corrected chi connectivity index (χ2v) is 6.12. The minimum Gasteiger partial charge on any atom is -0.462 e. The average molecular weight is 323 g/mol. The number of hydrogen-bond acceptors (Lipinski definition) is 4. The maximum absolute atomic E-state index is 11.8. The van der Waals surface area contributed by atoms with Crippen LogP contribution in [-0.4, -0.2) is 17.6 Å². The number of fused-ring (bicyclic) bond motifs is 1. The van der Waals surface area contributed by atoms with E-state index in [-0.39, 0.29) is 5.97 Å². The average Bonchev–Trinajstić information content (AvgIpc) is 2.98. The lowest BCUT2D eigenvalue weighted by atomic mass is 10.0. The minimum atomic E-state index is -0.319. The predicted octanol–water partition coefficient (Wildman–Crippen LogP) is 4.40. The van der Waals surface area contributed by atoms with Crippen LogP contribution in [0.1, 0.15) is 16.1 Å². The second-order valence-electron chi connectivity index (χ2n) is 5.18. The molecule has 0 unspecified atom stereocenters. The van der Waals surface area contributed by atoms with Gasteiger partial charge in [0, 0.05) is 17.4 Å². The molecule has 23 heavy (non-hydrogen) atoms. The van der Waals surface area contributed by atoms with E-state index in [4.69, 9.17) is 4.74 Å². The van der Waals surface area contributed by atoms with Gasteiger partial charge in [-0.05, 0) is 29.3 Å². The Morgan fingerprint density at radius 3 is 2.87 bits per heavy atom. The Kier molecular flexibility index (Phi) is 4.83. The molecule has 4 heteroatoms. The molecule has 1 aromatic heterocycles. The Hall–Kier alpha value is -2.46. The van der Waals surface area contributed by atoms with Gasteiger partial charge in [0.2, 0.25) is 0 Å². The van der Waals surface area contributed by atoms with Crippen molar-refractivity contribution in [2.24, 2.45) is 0 Å². The summed E-state index contributed by atoms with van der Waals surface area (Å²) in [5, 5.41) is 2.28. The number of carbonyl (C=O) groups is 1. The standard InChI is InChI=1S/C19H17NO2S/c1-14-18(23-13-20-14)11-12-22-19(21)10-9-16-7-4-6-15-5-2-3-8-17(15)16/h2-10,13H,11-12H2,1H3/b10-9+. The zero-order valence-corrected chi connectivity index (χ0v) is 13.7. The fourth-order valence-electron chi connectivity index (χ4n) is 2.41. The Morgan fingerprint density at radius 1 is 1.22 bits per heavy atom. The van der Waals surface area contributed by atoms with Crippen LogP contribution in [-0.2, 0) is 16.0 Å². The molecule has 0 radical (unpaired) electrons. The van der Waals surface area contributed by atoms with E-state index in [0.29, 0.717) is 13.0 Å². The molecular weight excluding hydrogens is 306 g/mol. The molecule has 0 spiro atoms. The van der Waals surface area contributed by atoms with Crippen molar-refractivity contribution >= 4 is 34.2 Å². The van der Waals surface area contributed by atoms with E-state index >= 15 is 0 Å². The van der Waals surface area contributed by atoms with Crippen LogP contribution in [0.4, 0.5) is 0 Å². The van der Waals surface area contributed by atoms with Crippen molar-refractivity contribution in [2.45, 2.75) is 13.3 Å². The quantitative estimate of drug-likeness (QED) is 0.516. The number of nitrogens with zero attached hydrogens (tertiary/aromatic N) is 1. The number of rotatable bonds is 5. The Bertz CT molecular complexity index is 846. The number of ether oxygens (including phenoxy) is 1. The highest BCUT2D eigenvalue weighted by molar-refractivity contribution is 7.09. The lowest BCUT2D eigenvalue weighted by Crippen LogP contribution is -2.04. The summed E-state index contributed by atoms with van der Waals surface area (Å²) in [5.41, 5.74) is 3.84. The third-order valence-corrected chi connectivity index (χ3v) is 4.64. The monoisotopic (exact) mass is 323 g/mol. The molecule has 0 atom stereocenters. The van der Waals surface area contributed by atoms with Crippen LogP contribution in [0.3, 0.4) is 0 Å². The number of aromatic nitrogens is 1. The second kappa shape index (κ2) is 7.20. The topological polar surface area (TPSA) is 39.2 Å². The van der Waals surface area contributed by atoms with Crippen molar-refractivity contribution in [3.8, 4) is 0 Å². The van der Waals surface area contributed by atoms with Gasteiger partial charge in [-0.25, -0.2) is 9.78 Å². The lowest BCUT2D eigenvalue weighted by Gasteiger charge is -2.03. The van der Waals surface area contributed by atoms with Gasteiger partial charge >= 0.3 is 5.97 Å². The summed E-state index contributed by atoms with van der Waals surface area (Å²) < 4.78 is 5.26. The number of benzene rings is 2. The van der Waals surface area contributed by atoms with Crippen LogP contribution in [0.2, 0.25) is 0 Å². The van der Waals surface area contributed by atoms with Gasteiger partial charge in [0.05, 0.1) is 17.8 Å². The van der Waals surface area contributed by atoms with E-state index in [0.717, 1.165) is 26.9 Å². The van der Waals surface area contributed by atoms with Crippen LogP contribution in [0.5, 0.6) is 0 Å². The predicted molar refractivity (Wildman–Crippen MR) is 94.5 cm³/mol. The van der Waals surface area contributed by atoms with Crippen molar-refractivity contribution in [2.75, 3.05) is 6.61 Å². The maximum atomic E-state index is 11.8. The molecule has 1 heterocycles. The number of carbonyl (C=O) groups excluding carboxylic acids is 1. The van der Waals surface area contributed by atoms with Gasteiger partial charge in [0.1, 0.15) is 0 Å². The van der Waals surface area contributed by atoms with Crippen LogP contribution in [0.25, 0.3) is 16.8 Å². The molecule has 0 aliphatic heterocycles. The van der Waals surface area contributed by atoms with Crippen LogP contribution >= 0.6 is 11.3 Å². The van der Waals surface area contributed by atoms with E-state index in [2.05, 4.69) is 17.1 Å². The van der Waals surface area contributed by atoms with Gasteiger partial charge in [0.15, 0.2) is 0 Å². The molecule has 0 saturated carbocycles. The van der Waals surface area contributed by atoms with Crippen molar-refractivity contribution < 1.29 is 9.53 Å². The van der Waals surface area contributed by atoms with Crippen molar-refractivity contribution in [1.82, 2.24) is 4.98 Å². The number of thiazole rings is 1. The lowest BCUT2D eigenvalue weighted by molar-refractivity contribution is -0.137. The molecule has 2 aromatic carbocycles. The molecule has 0 N–H and O–H groups in total. The first-order valence-corrected chi connectivity index (χ1v) is 8.33. The van der Waals surface area contributed by atoms with Gasteiger partial charge in [-0.2, -0.15) is 0 Å². The Labute approximate surface area is 139 Å². The molecule has 0 fully saturated rings. The smallest absolute Gasteiger partial charge is 0.330 e. The fraction of sp³-hybridized carbons (Fsp3) is 0.158. The first-order valence-electron chi connectivity index (χ1n) is 7.45. The molecule has 3 rings (SSSR count). The summed E-state index contributed by atoms with van der Waals surface area (Å²) in [5.74, 6) is -0.319. The molecule has 3 nitrogen and oxygen atoms in total. The molecule has 0 bridgehead atoms. The van der Waals surface area contributed by atoms with Crippen molar-refractivity contribution in [3.05, 3.63) is 70.2 Å². The molecule has 116 valence electrons. The van der Waals surface area contributed by atoms with E-state index in [1.807, 2.05) is 48.8 Å². The Balaban J connectivity index is 1.60. The summed E-state index contributed by atoms with van der Waals surface area (Å²) in [7, 11) is 0. The summed E-state index contributed by atoms with van der Waals surface area (Å²) in [6.45, 7) is 2.34. The fourth-order valence-corrected chi connectivity index (χ4v) is 3.17. The van der Waals surface area contributed by atoms with E-state index in [9.17, 15) is 4.79 Å². The Morgan fingerprint density at radius 2 is 2.04 bits per heavy atom. The van der Waals surface area contributed by atoms with Gasteiger partial charge in [-0.3, -0.25) is 0 Å². The van der Waals surface area contributed by atoms with Crippen molar-refractivity contribution in [1.29, 1.82) is 0 Å². The molecule has 0 amide bonds. The van der Waals surface area contributed by atoms with Gasteiger partial charge < -0.3 is 4.74 Å². The van der Waals surface area contributed by atoms with Crippen molar-refractivity contribution in [3.63, 3.8) is 0 Å². The number of aryl methyl sites for hydroxylation is 1. The zero-order valence-electron chi connectivity index (χ0n) is 12.9. The largest absolute Gasteiger partial charge is 0.462 e. The minimum absolute atomic E-state index is 0.319. The molecule has 3 aromatic rings. The summed E-state index contributed by atoms with van der Waals surface area (Å²) >= 11 is 1.59.